The minimum atomic E-state index is -0.289. The predicted octanol–water partition coefficient (Wildman–Crippen LogP) is 4.81. The zero-order chi connectivity index (χ0) is 20.3. The molecule has 0 aliphatic rings. The minimum absolute atomic E-state index is 0.0913. The highest BCUT2D eigenvalue weighted by atomic mass is 32.2. The molecule has 28 heavy (non-hydrogen) atoms. The van der Waals surface area contributed by atoms with Crippen molar-refractivity contribution in [1.82, 2.24) is 8.87 Å². The van der Waals surface area contributed by atoms with Crippen molar-refractivity contribution in [3.05, 3.63) is 65.6 Å². The SMILES string of the molecule is Cc1c(-c2cccc(SN(C)C)c2)c2ccc(C=O)cc2n1C/C(F)=C/CN. The van der Waals surface area contributed by atoms with Gasteiger partial charge >= 0.3 is 0 Å². The molecule has 4 nitrogen and oxygen atoms in total. The van der Waals surface area contributed by atoms with E-state index in [1.807, 2.05) is 48.1 Å². The molecule has 1 heterocycles. The van der Waals surface area contributed by atoms with E-state index >= 15 is 0 Å². The Hall–Kier alpha value is -2.41. The monoisotopic (exact) mass is 397 g/mol. The summed E-state index contributed by atoms with van der Waals surface area (Å²) < 4.78 is 18.2. The summed E-state index contributed by atoms with van der Waals surface area (Å²) in [6, 6.07) is 13.8. The number of nitrogens with two attached hydrogens (primary N) is 1. The molecule has 0 saturated heterocycles. The first-order chi connectivity index (χ1) is 13.4. The van der Waals surface area contributed by atoms with Gasteiger partial charge in [0.2, 0.25) is 0 Å². The van der Waals surface area contributed by atoms with Crippen molar-refractivity contribution in [3.63, 3.8) is 0 Å². The topological polar surface area (TPSA) is 51.3 Å². The van der Waals surface area contributed by atoms with E-state index in [9.17, 15) is 9.18 Å². The van der Waals surface area contributed by atoms with Crippen molar-refractivity contribution < 1.29 is 9.18 Å². The van der Waals surface area contributed by atoms with Crippen molar-refractivity contribution in [1.29, 1.82) is 0 Å². The normalized spacial score (nSPS) is 12.1. The summed E-state index contributed by atoms with van der Waals surface area (Å²) in [4.78, 5) is 12.4. The minimum Gasteiger partial charge on any atom is -0.337 e. The number of carbonyl (C=O) groups excluding carboxylic acids is 1. The van der Waals surface area contributed by atoms with Crippen LogP contribution in [-0.2, 0) is 6.54 Å². The third-order valence-electron chi connectivity index (χ3n) is 4.54. The maximum atomic E-state index is 14.3. The van der Waals surface area contributed by atoms with Gasteiger partial charge in [0.15, 0.2) is 0 Å². The fourth-order valence-electron chi connectivity index (χ4n) is 3.40. The molecule has 0 saturated carbocycles. The molecule has 2 aromatic carbocycles. The number of aldehydes is 1. The zero-order valence-electron chi connectivity index (χ0n) is 16.3. The van der Waals surface area contributed by atoms with Gasteiger partial charge in [-0.15, -0.1) is 0 Å². The van der Waals surface area contributed by atoms with E-state index in [1.54, 1.807) is 18.0 Å². The van der Waals surface area contributed by atoms with Crippen LogP contribution in [0.4, 0.5) is 4.39 Å². The molecular weight excluding hydrogens is 373 g/mol. The lowest BCUT2D eigenvalue weighted by Crippen LogP contribution is -2.03. The summed E-state index contributed by atoms with van der Waals surface area (Å²) in [7, 11) is 4.00. The maximum Gasteiger partial charge on any atom is 0.150 e. The Morgan fingerprint density at radius 2 is 2.04 bits per heavy atom. The van der Waals surface area contributed by atoms with Crippen LogP contribution in [-0.4, -0.2) is 35.8 Å². The third kappa shape index (κ3) is 4.19. The summed E-state index contributed by atoms with van der Waals surface area (Å²) in [5.41, 5.74) is 9.92. The van der Waals surface area contributed by atoms with Crippen LogP contribution >= 0.6 is 11.9 Å². The Morgan fingerprint density at radius 3 is 2.71 bits per heavy atom. The smallest absolute Gasteiger partial charge is 0.150 e. The summed E-state index contributed by atoms with van der Waals surface area (Å²) in [5.74, 6) is -0.289. The van der Waals surface area contributed by atoms with E-state index in [0.717, 1.165) is 38.9 Å². The molecular formula is C22H24FN3OS. The zero-order valence-corrected chi connectivity index (χ0v) is 17.1. The lowest BCUT2D eigenvalue weighted by Gasteiger charge is -2.11. The molecule has 3 rings (SSSR count). The molecule has 0 amide bonds. The molecule has 0 bridgehead atoms. The average molecular weight is 398 g/mol. The number of allylic oxidation sites excluding steroid dienone is 1. The Bertz CT molecular complexity index is 1040. The van der Waals surface area contributed by atoms with Crippen LogP contribution < -0.4 is 5.73 Å². The van der Waals surface area contributed by atoms with Gasteiger partial charge in [0, 0.05) is 39.2 Å². The van der Waals surface area contributed by atoms with Gasteiger partial charge in [-0.2, -0.15) is 0 Å². The average Bonchev–Trinajstić information content (AvgIpc) is 2.92. The summed E-state index contributed by atoms with van der Waals surface area (Å²) in [6.07, 6.45) is 2.19. The van der Waals surface area contributed by atoms with Crippen LogP contribution in [0.25, 0.3) is 22.0 Å². The number of hydrogen-bond acceptors (Lipinski definition) is 4. The van der Waals surface area contributed by atoms with Gasteiger partial charge in [-0.05, 0) is 62.8 Å². The lowest BCUT2D eigenvalue weighted by atomic mass is 10.0. The molecule has 0 radical (unpaired) electrons. The first-order valence-electron chi connectivity index (χ1n) is 9.03. The van der Waals surface area contributed by atoms with E-state index in [0.29, 0.717) is 5.56 Å². The number of fused-ring (bicyclic) bond motifs is 1. The first-order valence-corrected chi connectivity index (χ1v) is 9.80. The summed E-state index contributed by atoms with van der Waals surface area (Å²) >= 11 is 1.65. The Balaban J connectivity index is 2.21. The van der Waals surface area contributed by atoms with Gasteiger partial charge in [-0.3, -0.25) is 9.10 Å². The van der Waals surface area contributed by atoms with Crippen LogP contribution in [0.3, 0.4) is 0 Å². The first kappa shape index (κ1) is 20.3. The number of aromatic nitrogens is 1. The van der Waals surface area contributed by atoms with Crippen molar-refractivity contribution >= 4 is 29.1 Å². The number of halogens is 1. The number of carbonyl (C=O) groups is 1. The largest absolute Gasteiger partial charge is 0.337 e. The molecule has 3 aromatic rings. The second-order valence-corrected chi connectivity index (χ2v) is 8.14. The molecule has 0 fully saturated rings. The van der Waals surface area contributed by atoms with E-state index in [1.165, 1.54) is 6.08 Å². The van der Waals surface area contributed by atoms with Gasteiger partial charge < -0.3 is 10.3 Å². The molecule has 0 aliphatic carbocycles. The molecule has 2 N–H and O–H groups in total. The fourth-order valence-corrected chi connectivity index (χ4v) is 4.14. The summed E-state index contributed by atoms with van der Waals surface area (Å²) in [6.45, 7) is 2.23. The van der Waals surface area contributed by atoms with Gasteiger partial charge in [0.05, 0.1) is 6.54 Å². The Labute approximate surface area is 169 Å². The highest BCUT2D eigenvalue weighted by molar-refractivity contribution is 7.97. The maximum absolute atomic E-state index is 14.3. The molecule has 146 valence electrons. The van der Waals surface area contributed by atoms with Crippen LogP contribution in [0.15, 0.2) is 59.3 Å². The molecule has 1 aromatic heterocycles. The highest BCUT2D eigenvalue weighted by Gasteiger charge is 2.17. The Morgan fingerprint density at radius 1 is 1.25 bits per heavy atom. The standard InChI is InChI=1S/C22H24FN3OS/c1-15-22(17-5-4-6-19(12-17)28-25(2)3)20-8-7-16(14-27)11-21(20)26(15)13-18(23)9-10-24/h4-9,11-12,14H,10,13,24H2,1-3H3/b18-9-. The number of hydrogen-bond donors (Lipinski definition) is 1. The second-order valence-electron chi connectivity index (χ2n) is 6.76. The number of benzene rings is 2. The van der Waals surface area contributed by atoms with Crippen molar-refractivity contribution in [2.75, 3.05) is 20.6 Å². The predicted molar refractivity (Wildman–Crippen MR) is 115 cm³/mol. The molecule has 0 unspecified atom stereocenters. The number of rotatable bonds is 7. The number of nitrogens with zero attached hydrogens (tertiary/aromatic N) is 2. The van der Waals surface area contributed by atoms with Gasteiger partial charge in [-0.1, -0.05) is 24.3 Å². The van der Waals surface area contributed by atoms with Gasteiger partial charge in [0.1, 0.15) is 12.1 Å². The second kappa shape index (κ2) is 8.73. The lowest BCUT2D eigenvalue weighted by molar-refractivity contribution is 0.112. The summed E-state index contributed by atoms with van der Waals surface area (Å²) in [5, 5.41) is 0.996. The van der Waals surface area contributed by atoms with E-state index in [4.69, 9.17) is 5.73 Å². The van der Waals surface area contributed by atoms with Crippen LogP contribution in [0.1, 0.15) is 16.1 Å². The van der Waals surface area contributed by atoms with Crippen molar-refractivity contribution in [3.8, 4) is 11.1 Å². The molecule has 0 spiro atoms. The quantitative estimate of drug-likeness (QED) is 0.459. The van der Waals surface area contributed by atoms with Gasteiger partial charge in [-0.25, -0.2) is 4.39 Å². The molecule has 0 aliphatic heterocycles. The van der Waals surface area contributed by atoms with E-state index in [2.05, 4.69) is 18.2 Å². The van der Waals surface area contributed by atoms with Crippen molar-refractivity contribution in [2.24, 2.45) is 5.73 Å². The molecule has 6 heteroatoms. The van der Waals surface area contributed by atoms with Crippen molar-refractivity contribution in [2.45, 2.75) is 18.4 Å². The fraction of sp³-hybridized carbons (Fsp3) is 0.227. The Kier molecular flexibility index (Phi) is 6.34. The van der Waals surface area contributed by atoms with Gasteiger partial charge in [0.25, 0.3) is 0 Å². The van der Waals surface area contributed by atoms with E-state index in [-0.39, 0.29) is 18.9 Å². The van der Waals surface area contributed by atoms with Crippen LogP contribution in [0.5, 0.6) is 0 Å². The molecule has 0 atom stereocenters. The van der Waals surface area contributed by atoms with Crippen LogP contribution in [0, 0.1) is 6.92 Å². The van der Waals surface area contributed by atoms with E-state index < -0.39 is 0 Å². The third-order valence-corrected chi connectivity index (χ3v) is 5.37. The highest BCUT2D eigenvalue weighted by Crippen LogP contribution is 2.37. The van der Waals surface area contributed by atoms with Crippen LogP contribution in [0.2, 0.25) is 0 Å².